The summed E-state index contributed by atoms with van der Waals surface area (Å²) in [5.74, 6) is 0. The van der Waals surface area contributed by atoms with Crippen molar-refractivity contribution in [1.29, 1.82) is 0 Å². The van der Waals surface area contributed by atoms with Crippen LogP contribution < -0.4 is 0 Å². The highest BCUT2D eigenvalue weighted by Gasteiger charge is 2.40. The Morgan fingerprint density at radius 3 is 1.38 bits per heavy atom. The van der Waals surface area contributed by atoms with Crippen LogP contribution >= 0.6 is 0 Å². The van der Waals surface area contributed by atoms with Gasteiger partial charge in [-0.05, 0) is 104 Å². The van der Waals surface area contributed by atoms with Crippen molar-refractivity contribution in [1.82, 2.24) is 0 Å². The molecule has 9 aromatic carbocycles. The van der Waals surface area contributed by atoms with E-state index >= 15 is 0 Å². The molecule has 0 heterocycles. The van der Waals surface area contributed by atoms with E-state index in [9.17, 15) is 0 Å². The number of rotatable bonds is 2. The van der Waals surface area contributed by atoms with Gasteiger partial charge < -0.3 is 0 Å². The normalized spacial score (nSPS) is 13.5. The molecular formula is C47H32. The van der Waals surface area contributed by atoms with Gasteiger partial charge in [-0.3, -0.25) is 0 Å². The van der Waals surface area contributed by atoms with Gasteiger partial charge in [-0.1, -0.05) is 166 Å². The summed E-state index contributed by atoms with van der Waals surface area (Å²) in [4.78, 5) is 0. The molecule has 0 N–H and O–H groups in total. The maximum atomic E-state index is 2.44. The second-order valence-corrected chi connectivity index (χ2v) is 13.6. The zero-order valence-corrected chi connectivity index (χ0v) is 26.5. The molecule has 0 saturated carbocycles. The van der Waals surface area contributed by atoms with Gasteiger partial charge in [0, 0.05) is 5.41 Å². The first-order valence-electron chi connectivity index (χ1n) is 16.6. The average molecular weight is 597 g/mol. The molecule has 0 fully saturated rings. The molecule has 0 spiro atoms. The summed E-state index contributed by atoms with van der Waals surface area (Å²) in [5.41, 5.74) is 10.6. The van der Waals surface area contributed by atoms with Crippen molar-refractivity contribution < 1.29 is 0 Å². The van der Waals surface area contributed by atoms with E-state index in [0.29, 0.717) is 0 Å². The SMILES string of the molecule is CC1(C)c2c(-c3c4ccccc4c(-c4ccc5ccccc5c4)c4ccccc34)cccc2-c2c1c1ccccc1c1ccccc21. The van der Waals surface area contributed by atoms with E-state index in [0.717, 1.165) is 0 Å². The van der Waals surface area contributed by atoms with Crippen LogP contribution in [0.25, 0.3) is 87.2 Å². The van der Waals surface area contributed by atoms with Crippen molar-refractivity contribution in [2.75, 3.05) is 0 Å². The van der Waals surface area contributed by atoms with Crippen LogP contribution in [0, 0.1) is 0 Å². The lowest BCUT2D eigenvalue weighted by Gasteiger charge is -2.27. The van der Waals surface area contributed by atoms with E-state index in [4.69, 9.17) is 0 Å². The predicted octanol–water partition coefficient (Wildman–Crippen LogP) is 13.1. The van der Waals surface area contributed by atoms with Crippen LogP contribution in [-0.4, -0.2) is 0 Å². The topological polar surface area (TPSA) is 0 Å². The molecular weight excluding hydrogens is 565 g/mol. The van der Waals surface area contributed by atoms with E-state index in [1.165, 1.54) is 98.4 Å². The molecule has 47 heavy (non-hydrogen) atoms. The highest BCUT2D eigenvalue weighted by molar-refractivity contribution is 6.24. The molecule has 0 saturated heterocycles. The Hall–Kier alpha value is -5.72. The third kappa shape index (κ3) is 3.59. The van der Waals surface area contributed by atoms with E-state index < -0.39 is 0 Å². The van der Waals surface area contributed by atoms with Crippen LogP contribution in [0.3, 0.4) is 0 Å². The van der Waals surface area contributed by atoms with Crippen LogP contribution in [0.4, 0.5) is 0 Å². The van der Waals surface area contributed by atoms with Crippen LogP contribution in [0.2, 0.25) is 0 Å². The van der Waals surface area contributed by atoms with Gasteiger partial charge >= 0.3 is 0 Å². The molecule has 0 aromatic heterocycles. The molecule has 0 bridgehead atoms. The second kappa shape index (κ2) is 9.64. The van der Waals surface area contributed by atoms with Gasteiger partial charge in [0.2, 0.25) is 0 Å². The van der Waals surface area contributed by atoms with Crippen molar-refractivity contribution in [2.24, 2.45) is 0 Å². The highest BCUT2D eigenvalue weighted by Crippen LogP contribution is 2.58. The molecule has 9 aromatic rings. The minimum atomic E-state index is -0.204. The predicted molar refractivity (Wildman–Crippen MR) is 202 cm³/mol. The van der Waals surface area contributed by atoms with Crippen LogP contribution in [-0.2, 0) is 5.41 Å². The Balaban J connectivity index is 1.34. The molecule has 220 valence electrons. The fourth-order valence-corrected chi connectivity index (χ4v) is 8.91. The van der Waals surface area contributed by atoms with Crippen LogP contribution in [0.5, 0.6) is 0 Å². The summed E-state index contributed by atoms with van der Waals surface area (Å²) >= 11 is 0. The summed E-state index contributed by atoms with van der Waals surface area (Å²) in [6.45, 7) is 4.88. The number of hydrogen-bond donors (Lipinski definition) is 0. The minimum absolute atomic E-state index is 0.204. The first-order valence-corrected chi connectivity index (χ1v) is 16.6. The fourth-order valence-electron chi connectivity index (χ4n) is 8.91. The highest BCUT2D eigenvalue weighted by atomic mass is 14.4. The molecule has 1 aliphatic carbocycles. The Labute approximate surface area is 274 Å². The monoisotopic (exact) mass is 596 g/mol. The lowest BCUT2D eigenvalue weighted by atomic mass is 9.75. The molecule has 0 aliphatic heterocycles. The number of hydrogen-bond acceptors (Lipinski definition) is 0. The lowest BCUT2D eigenvalue weighted by Crippen LogP contribution is -2.17. The Morgan fingerprint density at radius 2 is 0.766 bits per heavy atom. The average Bonchev–Trinajstić information content (AvgIpc) is 3.37. The smallest absolute Gasteiger partial charge is 0.0171 e. The lowest BCUT2D eigenvalue weighted by molar-refractivity contribution is 0.668. The van der Waals surface area contributed by atoms with E-state index in [-0.39, 0.29) is 5.41 Å². The van der Waals surface area contributed by atoms with Crippen LogP contribution in [0.1, 0.15) is 25.0 Å². The Morgan fingerprint density at radius 1 is 0.319 bits per heavy atom. The van der Waals surface area contributed by atoms with Gasteiger partial charge in [0.1, 0.15) is 0 Å². The molecule has 0 amide bonds. The summed E-state index contributed by atoms with van der Waals surface area (Å²) in [7, 11) is 0. The van der Waals surface area contributed by atoms with Crippen molar-refractivity contribution in [2.45, 2.75) is 19.3 Å². The first kappa shape index (κ1) is 26.5. The van der Waals surface area contributed by atoms with E-state index in [2.05, 4.69) is 172 Å². The van der Waals surface area contributed by atoms with Crippen molar-refractivity contribution in [3.05, 3.63) is 169 Å². The minimum Gasteiger partial charge on any atom is -0.0616 e. The first-order chi connectivity index (χ1) is 23.1. The Kier molecular flexibility index (Phi) is 5.44. The van der Waals surface area contributed by atoms with Gasteiger partial charge in [0.15, 0.2) is 0 Å². The molecule has 0 atom stereocenters. The van der Waals surface area contributed by atoms with Gasteiger partial charge in [0.05, 0.1) is 0 Å². The quantitative estimate of drug-likeness (QED) is 0.138. The molecule has 0 nitrogen and oxygen atoms in total. The van der Waals surface area contributed by atoms with E-state index in [1.54, 1.807) is 0 Å². The van der Waals surface area contributed by atoms with E-state index in [1.807, 2.05) is 0 Å². The van der Waals surface area contributed by atoms with Crippen molar-refractivity contribution in [3.8, 4) is 33.4 Å². The maximum Gasteiger partial charge on any atom is 0.0171 e. The fraction of sp³-hybridized carbons (Fsp3) is 0.0638. The summed E-state index contributed by atoms with van der Waals surface area (Å²) in [6.07, 6.45) is 0. The third-order valence-corrected chi connectivity index (χ3v) is 10.8. The third-order valence-electron chi connectivity index (χ3n) is 10.8. The summed E-state index contributed by atoms with van der Waals surface area (Å²) in [6, 6.07) is 58.7. The Bertz CT molecular complexity index is 2700. The molecule has 0 heteroatoms. The maximum absolute atomic E-state index is 2.44. The second-order valence-electron chi connectivity index (χ2n) is 13.6. The standard InChI is InChI=1S/C47H32/c1-47(2)45-40(24-13-25-41(45)44-34-18-7-5-16-32(34)33-17-6-12-23-39(33)46(44)47)43-37-21-10-8-19-35(37)42(36-20-9-11-22-38(36)43)31-27-26-29-14-3-4-15-30(29)28-31/h3-28H,1-2H3. The van der Waals surface area contributed by atoms with Gasteiger partial charge in [-0.2, -0.15) is 0 Å². The van der Waals surface area contributed by atoms with Gasteiger partial charge in [-0.25, -0.2) is 0 Å². The zero-order chi connectivity index (χ0) is 31.3. The molecule has 0 radical (unpaired) electrons. The zero-order valence-electron chi connectivity index (χ0n) is 26.5. The van der Waals surface area contributed by atoms with Gasteiger partial charge in [-0.15, -0.1) is 0 Å². The van der Waals surface area contributed by atoms with Crippen LogP contribution in [0.15, 0.2) is 158 Å². The molecule has 1 aliphatic rings. The molecule has 0 unspecified atom stereocenters. The van der Waals surface area contributed by atoms with Gasteiger partial charge in [0.25, 0.3) is 0 Å². The largest absolute Gasteiger partial charge is 0.0616 e. The molecule has 10 rings (SSSR count). The number of fused-ring (bicyclic) bond motifs is 11. The summed E-state index contributed by atoms with van der Waals surface area (Å²) in [5, 5.41) is 13.1. The summed E-state index contributed by atoms with van der Waals surface area (Å²) < 4.78 is 0. The number of benzene rings is 9. The van der Waals surface area contributed by atoms with Crippen molar-refractivity contribution >= 4 is 53.9 Å². The van der Waals surface area contributed by atoms with Crippen molar-refractivity contribution in [3.63, 3.8) is 0 Å².